The van der Waals surface area contributed by atoms with E-state index in [1.54, 1.807) is 36.4 Å². The lowest BCUT2D eigenvalue weighted by atomic mass is 10.1. The van der Waals surface area contributed by atoms with Crippen molar-refractivity contribution in [2.45, 2.75) is 0 Å². The van der Waals surface area contributed by atoms with Crippen LogP contribution in [0.4, 0.5) is 11.4 Å². The van der Waals surface area contributed by atoms with Crippen LogP contribution < -0.4 is 15.8 Å². The lowest BCUT2D eigenvalue weighted by Gasteiger charge is -2.10. The van der Waals surface area contributed by atoms with Gasteiger partial charge in [0.2, 0.25) is 0 Å². The number of halogens is 2. The average molecular weight is 311 g/mol. The van der Waals surface area contributed by atoms with Crippen LogP contribution in [0.25, 0.3) is 0 Å². The molecule has 104 valence electrons. The topological polar surface area (TPSA) is 64.3 Å². The summed E-state index contributed by atoms with van der Waals surface area (Å²) in [6.45, 7) is 0. The normalized spacial score (nSPS) is 10.2. The quantitative estimate of drug-likeness (QED) is 0.847. The van der Waals surface area contributed by atoms with Crippen LogP contribution in [0.2, 0.25) is 10.0 Å². The number of hydrogen-bond donors (Lipinski definition) is 2. The highest BCUT2D eigenvalue weighted by Crippen LogP contribution is 2.26. The molecule has 0 bridgehead atoms. The maximum atomic E-state index is 12.2. The average Bonchev–Trinajstić information content (AvgIpc) is 2.42. The first-order chi connectivity index (χ1) is 9.51. The molecule has 0 unspecified atom stereocenters. The van der Waals surface area contributed by atoms with E-state index >= 15 is 0 Å². The first kappa shape index (κ1) is 14.5. The minimum atomic E-state index is -0.319. The highest BCUT2D eigenvalue weighted by Gasteiger charge is 2.13. The van der Waals surface area contributed by atoms with Gasteiger partial charge in [0.05, 0.1) is 23.4 Å². The van der Waals surface area contributed by atoms with Crippen LogP contribution in [0.5, 0.6) is 5.75 Å². The van der Waals surface area contributed by atoms with Crippen LogP contribution in [-0.4, -0.2) is 13.0 Å². The van der Waals surface area contributed by atoms with Crippen molar-refractivity contribution >= 4 is 40.5 Å². The SMILES string of the molecule is COc1cc(Cl)ccc1C(=O)Nc1ccc(Cl)c(N)c1. The summed E-state index contributed by atoms with van der Waals surface area (Å²) in [7, 11) is 1.47. The number of carbonyl (C=O) groups excluding carboxylic acids is 1. The van der Waals surface area contributed by atoms with Gasteiger partial charge in [-0.15, -0.1) is 0 Å². The fraction of sp³-hybridized carbons (Fsp3) is 0.0714. The molecule has 0 atom stereocenters. The Bertz CT molecular complexity index is 660. The fourth-order valence-corrected chi connectivity index (χ4v) is 1.95. The third-order valence-electron chi connectivity index (χ3n) is 2.66. The van der Waals surface area contributed by atoms with E-state index in [-0.39, 0.29) is 5.91 Å². The summed E-state index contributed by atoms with van der Waals surface area (Å²) in [5.74, 6) is 0.0807. The molecule has 0 heterocycles. The molecule has 3 N–H and O–H groups in total. The van der Waals surface area contributed by atoms with Gasteiger partial charge in [-0.2, -0.15) is 0 Å². The molecule has 0 aliphatic carbocycles. The molecule has 0 aromatic heterocycles. The van der Waals surface area contributed by atoms with Gasteiger partial charge in [0, 0.05) is 10.7 Å². The third kappa shape index (κ3) is 3.15. The Morgan fingerprint density at radius 3 is 2.60 bits per heavy atom. The summed E-state index contributed by atoms with van der Waals surface area (Å²) < 4.78 is 5.14. The zero-order valence-electron chi connectivity index (χ0n) is 10.6. The first-order valence-corrected chi connectivity index (χ1v) is 6.47. The van der Waals surface area contributed by atoms with E-state index in [1.807, 2.05) is 0 Å². The molecule has 4 nitrogen and oxygen atoms in total. The van der Waals surface area contributed by atoms with Crippen molar-refractivity contribution in [2.24, 2.45) is 0 Å². The summed E-state index contributed by atoms with van der Waals surface area (Å²) in [5.41, 5.74) is 7.01. The van der Waals surface area contributed by atoms with E-state index in [0.717, 1.165) is 0 Å². The maximum absolute atomic E-state index is 12.2. The number of nitrogens with one attached hydrogen (secondary N) is 1. The minimum absolute atomic E-state index is 0.319. The Morgan fingerprint density at radius 2 is 1.95 bits per heavy atom. The molecule has 0 saturated carbocycles. The standard InChI is InChI=1S/C14H12Cl2N2O2/c1-20-13-6-8(15)2-4-10(13)14(19)18-9-3-5-11(16)12(17)7-9/h2-7H,17H2,1H3,(H,18,19). The van der Waals surface area contributed by atoms with Crippen LogP contribution in [0.3, 0.4) is 0 Å². The molecule has 0 radical (unpaired) electrons. The van der Waals surface area contributed by atoms with Gasteiger partial charge in [0.25, 0.3) is 5.91 Å². The number of anilines is 2. The van der Waals surface area contributed by atoms with Gasteiger partial charge in [0.15, 0.2) is 0 Å². The highest BCUT2D eigenvalue weighted by atomic mass is 35.5. The van der Waals surface area contributed by atoms with Crippen molar-refractivity contribution in [3.63, 3.8) is 0 Å². The number of amides is 1. The monoisotopic (exact) mass is 310 g/mol. The molecule has 0 aliphatic rings. The second kappa shape index (κ2) is 6.03. The number of hydrogen-bond acceptors (Lipinski definition) is 3. The van der Waals surface area contributed by atoms with Crippen molar-refractivity contribution in [2.75, 3.05) is 18.2 Å². The van der Waals surface area contributed by atoms with Crippen LogP contribution >= 0.6 is 23.2 Å². The molecule has 2 rings (SSSR count). The van der Waals surface area contributed by atoms with Crippen molar-refractivity contribution in [1.82, 2.24) is 0 Å². The van der Waals surface area contributed by atoms with Gasteiger partial charge >= 0.3 is 0 Å². The summed E-state index contributed by atoms with van der Waals surface area (Å²) in [4.78, 5) is 12.2. The van der Waals surface area contributed by atoms with Crippen LogP contribution in [0.1, 0.15) is 10.4 Å². The highest BCUT2D eigenvalue weighted by molar-refractivity contribution is 6.33. The molecule has 2 aromatic carbocycles. The molecular formula is C14H12Cl2N2O2. The lowest BCUT2D eigenvalue weighted by molar-refractivity contribution is 0.102. The van der Waals surface area contributed by atoms with Gasteiger partial charge in [-0.25, -0.2) is 0 Å². The van der Waals surface area contributed by atoms with Crippen LogP contribution in [-0.2, 0) is 0 Å². The van der Waals surface area contributed by atoms with Crippen molar-refractivity contribution < 1.29 is 9.53 Å². The Morgan fingerprint density at radius 1 is 1.20 bits per heavy atom. The third-order valence-corrected chi connectivity index (χ3v) is 3.24. The second-order valence-corrected chi connectivity index (χ2v) is 4.88. The Labute approximate surface area is 126 Å². The van der Waals surface area contributed by atoms with E-state index in [4.69, 9.17) is 33.7 Å². The molecule has 20 heavy (non-hydrogen) atoms. The van der Waals surface area contributed by atoms with E-state index in [1.165, 1.54) is 7.11 Å². The Balaban J connectivity index is 2.25. The van der Waals surface area contributed by atoms with Gasteiger partial charge in [0.1, 0.15) is 5.75 Å². The van der Waals surface area contributed by atoms with Crippen LogP contribution in [0, 0.1) is 0 Å². The molecule has 0 saturated heterocycles. The smallest absolute Gasteiger partial charge is 0.259 e. The second-order valence-electron chi connectivity index (χ2n) is 4.04. The van der Waals surface area contributed by atoms with E-state index in [0.29, 0.717) is 32.7 Å². The number of rotatable bonds is 3. The summed E-state index contributed by atoms with van der Waals surface area (Å²) in [6, 6.07) is 9.66. The number of nitrogens with two attached hydrogens (primary N) is 1. The van der Waals surface area contributed by atoms with E-state index < -0.39 is 0 Å². The van der Waals surface area contributed by atoms with Gasteiger partial charge < -0.3 is 15.8 Å². The largest absolute Gasteiger partial charge is 0.496 e. The van der Waals surface area contributed by atoms with E-state index in [9.17, 15) is 4.79 Å². The number of benzene rings is 2. The summed E-state index contributed by atoms with van der Waals surface area (Å²) in [5, 5.41) is 3.65. The predicted molar refractivity (Wildman–Crippen MR) is 81.8 cm³/mol. The maximum Gasteiger partial charge on any atom is 0.259 e. The number of carbonyl (C=O) groups is 1. The summed E-state index contributed by atoms with van der Waals surface area (Å²) in [6.07, 6.45) is 0. The number of nitrogen functional groups attached to an aromatic ring is 1. The molecule has 0 aliphatic heterocycles. The fourth-order valence-electron chi connectivity index (χ4n) is 1.67. The first-order valence-electron chi connectivity index (χ1n) is 5.71. The molecule has 1 amide bonds. The van der Waals surface area contributed by atoms with Gasteiger partial charge in [-0.3, -0.25) is 4.79 Å². The van der Waals surface area contributed by atoms with Crippen molar-refractivity contribution in [3.8, 4) is 5.75 Å². The molecular weight excluding hydrogens is 299 g/mol. The predicted octanol–water partition coefficient (Wildman–Crippen LogP) is 3.84. The molecule has 2 aromatic rings. The number of ether oxygens (including phenoxy) is 1. The molecule has 0 spiro atoms. The lowest BCUT2D eigenvalue weighted by Crippen LogP contribution is -2.13. The molecule has 0 fully saturated rings. The van der Waals surface area contributed by atoms with Crippen molar-refractivity contribution in [3.05, 3.63) is 52.0 Å². The van der Waals surface area contributed by atoms with Crippen molar-refractivity contribution in [1.29, 1.82) is 0 Å². The van der Waals surface area contributed by atoms with Gasteiger partial charge in [-0.1, -0.05) is 23.2 Å². The van der Waals surface area contributed by atoms with E-state index in [2.05, 4.69) is 5.32 Å². The minimum Gasteiger partial charge on any atom is -0.496 e. The van der Waals surface area contributed by atoms with Gasteiger partial charge in [-0.05, 0) is 36.4 Å². The number of methoxy groups -OCH3 is 1. The Hall–Kier alpha value is -1.91. The summed E-state index contributed by atoms with van der Waals surface area (Å²) >= 11 is 11.7. The molecule has 6 heteroatoms. The zero-order chi connectivity index (χ0) is 14.7. The van der Waals surface area contributed by atoms with Crippen LogP contribution in [0.15, 0.2) is 36.4 Å². The Kier molecular flexibility index (Phi) is 4.37. The zero-order valence-corrected chi connectivity index (χ0v) is 12.1.